The predicted molar refractivity (Wildman–Crippen MR) is 139 cm³/mol. The second-order valence-corrected chi connectivity index (χ2v) is 8.57. The van der Waals surface area contributed by atoms with Crippen molar-refractivity contribution in [2.24, 2.45) is 0 Å². The van der Waals surface area contributed by atoms with E-state index in [-0.39, 0.29) is 23.7 Å². The SMILES string of the molecule is O=C(C=Cc1ccc(Cl)cc1Cl)c1c(O)cc(OCc2ccccc2)cc1OCc1ccccc1. The van der Waals surface area contributed by atoms with E-state index in [0.717, 1.165) is 11.1 Å². The number of halogens is 2. The number of phenolic OH excluding ortho intramolecular Hbond substituents is 1. The van der Waals surface area contributed by atoms with Crippen molar-refractivity contribution in [3.63, 3.8) is 0 Å². The molecule has 1 N–H and O–H groups in total. The van der Waals surface area contributed by atoms with Gasteiger partial charge in [0.25, 0.3) is 0 Å². The lowest BCUT2D eigenvalue weighted by molar-refractivity contribution is 0.104. The maximum atomic E-state index is 13.1. The largest absolute Gasteiger partial charge is 0.507 e. The lowest BCUT2D eigenvalue weighted by Crippen LogP contribution is -2.04. The van der Waals surface area contributed by atoms with Gasteiger partial charge in [0.05, 0.1) is 0 Å². The second kappa shape index (κ2) is 11.6. The zero-order valence-corrected chi connectivity index (χ0v) is 20.2. The molecule has 176 valence electrons. The van der Waals surface area contributed by atoms with E-state index in [0.29, 0.717) is 28.0 Å². The first-order chi connectivity index (χ1) is 17.0. The van der Waals surface area contributed by atoms with Crippen molar-refractivity contribution >= 4 is 35.1 Å². The van der Waals surface area contributed by atoms with Gasteiger partial charge in [0.15, 0.2) is 5.78 Å². The summed E-state index contributed by atoms with van der Waals surface area (Å²) in [5.41, 5.74) is 2.55. The summed E-state index contributed by atoms with van der Waals surface area (Å²) in [6.45, 7) is 0.524. The maximum Gasteiger partial charge on any atom is 0.193 e. The monoisotopic (exact) mass is 504 g/mol. The molecule has 0 radical (unpaired) electrons. The summed E-state index contributed by atoms with van der Waals surface area (Å²) in [6.07, 6.45) is 2.91. The summed E-state index contributed by atoms with van der Waals surface area (Å²) in [4.78, 5) is 13.1. The molecule has 6 heteroatoms. The van der Waals surface area contributed by atoms with E-state index in [9.17, 15) is 9.90 Å². The molecule has 0 atom stereocenters. The van der Waals surface area contributed by atoms with Gasteiger partial charge in [-0.25, -0.2) is 0 Å². The van der Waals surface area contributed by atoms with Crippen molar-refractivity contribution in [3.8, 4) is 17.2 Å². The van der Waals surface area contributed by atoms with Crippen LogP contribution in [-0.2, 0) is 13.2 Å². The molecular weight excluding hydrogens is 483 g/mol. The first-order valence-electron chi connectivity index (χ1n) is 10.9. The normalized spacial score (nSPS) is 10.9. The molecule has 0 saturated heterocycles. The first-order valence-corrected chi connectivity index (χ1v) is 11.6. The lowest BCUT2D eigenvalue weighted by Gasteiger charge is -2.15. The van der Waals surface area contributed by atoms with Crippen molar-refractivity contribution < 1.29 is 19.4 Å². The number of phenols is 1. The van der Waals surface area contributed by atoms with Crippen LogP contribution in [0, 0.1) is 0 Å². The van der Waals surface area contributed by atoms with Gasteiger partial charge in [-0.3, -0.25) is 4.79 Å². The summed E-state index contributed by atoms with van der Waals surface area (Å²) >= 11 is 12.2. The molecule has 0 saturated carbocycles. The number of aromatic hydroxyl groups is 1. The average Bonchev–Trinajstić information content (AvgIpc) is 2.86. The van der Waals surface area contributed by atoms with Crippen molar-refractivity contribution in [2.45, 2.75) is 13.2 Å². The van der Waals surface area contributed by atoms with Crippen molar-refractivity contribution in [2.75, 3.05) is 0 Å². The fourth-order valence-electron chi connectivity index (χ4n) is 3.38. The van der Waals surface area contributed by atoms with Crippen LogP contribution < -0.4 is 9.47 Å². The summed E-state index contributed by atoms with van der Waals surface area (Å²) in [5.74, 6) is -0.0777. The molecule has 0 heterocycles. The number of ether oxygens (including phenoxy) is 2. The maximum absolute atomic E-state index is 13.1. The molecule has 0 fully saturated rings. The van der Waals surface area contributed by atoms with Crippen LogP contribution >= 0.6 is 23.2 Å². The number of carbonyl (C=O) groups is 1. The quantitative estimate of drug-likeness (QED) is 0.187. The van der Waals surface area contributed by atoms with E-state index in [1.54, 1.807) is 30.3 Å². The predicted octanol–water partition coefficient (Wildman–Crippen LogP) is 7.75. The molecule has 4 nitrogen and oxygen atoms in total. The summed E-state index contributed by atoms with van der Waals surface area (Å²) in [6, 6.07) is 27.2. The summed E-state index contributed by atoms with van der Waals surface area (Å²) in [7, 11) is 0. The Kier molecular flexibility index (Phi) is 8.09. The minimum atomic E-state index is -0.439. The number of carbonyl (C=O) groups excluding carboxylic acids is 1. The van der Waals surface area contributed by atoms with Crippen LogP contribution in [0.1, 0.15) is 27.0 Å². The fraction of sp³-hybridized carbons (Fsp3) is 0.0690. The van der Waals surface area contributed by atoms with E-state index >= 15 is 0 Å². The molecule has 0 aromatic heterocycles. The van der Waals surface area contributed by atoms with Gasteiger partial charge >= 0.3 is 0 Å². The Hall–Kier alpha value is -3.73. The molecule has 0 aliphatic carbocycles. The van der Waals surface area contributed by atoms with Crippen LogP contribution in [0.25, 0.3) is 6.08 Å². The van der Waals surface area contributed by atoms with E-state index in [4.69, 9.17) is 32.7 Å². The van der Waals surface area contributed by atoms with Crippen LogP contribution in [0.3, 0.4) is 0 Å². The van der Waals surface area contributed by atoms with Gasteiger partial charge < -0.3 is 14.6 Å². The Morgan fingerprint density at radius 1 is 0.800 bits per heavy atom. The first kappa shape index (κ1) is 24.4. The number of allylic oxidation sites excluding steroid dienone is 1. The molecule has 0 unspecified atom stereocenters. The molecule has 35 heavy (non-hydrogen) atoms. The Labute approximate surface area is 214 Å². The van der Waals surface area contributed by atoms with E-state index in [1.165, 1.54) is 12.1 Å². The molecule has 0 aliphatic heterocycles. The van der Waals surface area contributed by atoms with Crippen molar-refractivity contribution in [3.05, 3.63) is 129 Å². The third-order valence-corrected chi connectivity index (χ3v) is 5.73. The molecule has 4 rings (SSSR count). The smallest absolute Gasteiger partial charge is 0.193 e. The van der Waals surface area contributed by atoms with E-state index < -0.39 is 5.78 Å². The number of benzene rings is 4. The molecule has 0 spiro atoms. The molecule has 0 aliphatic rings. The van der Waals surface area contributed by atoms with Gasteiger partial charge in [-0.15, -0.1) is 0 Å². The number of rotatable bonds is 9. The highest BCUT2D eigenvalue weighted by atomic mass is 35.5. The Balaban J connectivity index is 1.61. The van der Waals surface area contributed by atoms with E-state index in [2.05, 4.69) is 0 Å². The Morgan fingerprint density at radius 3 is 2.06 bits per heavy atom. The number of ketones is 1. The highest BCUT2D eigenvalue weighted by Crippen LogP contribution is 2.35. The third kappa shape index (κ3) is 6.66. The van der Waals surface area contributed by atoms with Gasteiger partial charge in [0.1, 0.15) is 36.0 Å². The molecular formula is C29H22Cl2O4. The van der Waals surface area contributed by atoms with Gasteiger partial charge in [-0.2, -0.15) is 0 Å². The summed E-state index contributed by atoms with van der Waals surface area (Å²) < 4.78 is 11.8. The standard InChI is InChI=1S/C29H22Cl2O4/c30-23-13-11-22(25(31)15-23)12-14-26(32)29-27(33)16-24(34-18-20-7-3-1-4-8-20)17-28(29)35-19-21-9-5-2-6-10-21/h1-17,33H,18-19H2. The van der Waals surface area contributed by atoms with Crippen molar-refractivity contribution in [1.29, 1.82) is 0 Å². The highest BCUT2D eigenvalue weighted by molar-refractivity contribution is 6.35. The van der Waals surface area contributed by atoms with Gasteiger partial charge in [0, 0.05) is 22.2 Å². The molecule has 4 aromatic rings. The van der Waals surface area contributed by atoms with Gasteiger partial charge in [-0.05, 0) is 41.0 Å². The van der Waals surface area contributed by atoms with Gasteiger partial charge in [-0.1, -0.05) is 89.9 Å². The summed E-state index contributed by atoms with van der Waals surface area (Å²) in [5, 5.41) is 11.7. The Bertz CT molecular complexity index is 1340. The minimum Gasteiger partial charge on any atom is -0.507 e. The van der Waals surface area contributed by atoms with Crippen LogP contribution in [-0.4, -0.2) is 10.9 Å². The van der Waals surface area contributed by atoms with Crippen LogP contribution in [0.2, 0.25) is 10.0 Å². The number of hydrogen-bond acceptors (Lipinski definition) is 4. The van der Waals surface area contributed by atoms with Gasteiger partial charge in [0.2, 0.25) is 0 Å². The van der Waals surface area contributed by atoms with Crippen molar-refractivity contribution in [1.82, 2.24) is 0 Å². The molecule has 0 bridgehead atoms. The topological polar surface area (TPSA) is 55.8 Å². The number of hydrogen-bond donors (Lipinski definition) is 1. The average molecular weight is 505 g/mol. The lowest BCUT2D eigenvalue weighted by atomic mass is 10.1. The molecule has 0 amide bonds. The second-order valence-electron chi connectivity index (χ2n) is 7.73. The Morgan fingerprint density at radius 2 is 1.43 bits per heavy atom. The zero-order chi connectivity index (χ0) is 24.6. The third-order valence-electron chi connectivity index (χ3n) is 5.16. The molecule has 4 aromatic carbocycles. The van der Waals surface area contributed by atoms with Crippen LogP contribution in [0.15, 0.2) is 97.1 Å². The zero-order valence-electron chi connectivity index (χ0n) is 18.7. The van der Waals surface area contributed by atoms with Crippen LogP contribution in [0.4, 0.5) is 0 Å². The fourth-order valence-corrected chi connectivity index (χ4v) is 3.85. The minimum absolute atomic E-state index is 0.0364. The highest BCUT2D eigenvalue weighted by Gasteiger charge is 2.19. The van der Waals surface area contributed by atoms with Crippen LogP contribution in [0.5, 0.6) is 17.2 Å². The van der Waals surface area contributed by atoms with E-state index in [1.807, 2.05) is 60.7 Å².